The van der Waals surface area contributed by atoms with Crippen LogP contribution in [0, 0.1) is 11.7 Å². The van der Waals surface area contributed by atoms with Gasteiger partial charge >= 0.3 is 0 Å². The predicted octanol–water partition coefficient (Wildman–Crippen LogP) is 4.57. The smallest absolute Gasteiger partial charge is 0.142 e. The number of halogens is 2. The first-order valence-electron chi connectivity index (χ1n) is 9.32. The molecule has 1 aliphatic carbocycles. The van der Waals surface area contributed by atoms with Crippen molar-refractivity contribution in [3.05, 3.63) is 45.8 Å². The average molecular weight is 421 g/mol. The standard InChI is InChI=1S/C20H22ClFN4OS/c1-27-7-6-23-10-12-2-4-14-17(8-12)28-20-18(14)19(24-11-25-20)26-13-3-5-16(22)15(21)9-13/h3,5,9,11-12,23H,2,4,6-8,10H2,1H3,(H,24,25,26). The molecule has 1 unspecified atom stereocenters. The third kappa shape index (κ3) is 4.12. The van der Waals surface area contributed by atoms with Crippen LogP contribution < -0.4 is 10.6 Å². The number of thiophene rings is 1. The third-order valence-electron chi connectivity index (χ3n) is 5.05. The van der Waals surface area contributed by atoms with Crippen molar-refractivity contribution in [2.75, 3.05) is 32.1 Å². The van der Waals surface area contributed by atoms with Crippen LogP contribution in [0.15, 0.2) is 24.5 Å². The number of aromatic nitrogens is 2. The molecule has 2 aromatic heterocycles. The van der Waals surface area contributed by atoms with Crippen LogP contribution in [-0.2, 0) is 17.6 Å². The van der Waals surface area contributed by atoms with E-state index in [4.69, 9.17) is 16.3 Å². The lowest BCUT2D eigenvalue weighted by Crippen LogP contribution is -2.29. The molecule has 4 rings (SSSR count). The van der Waals surface area contributed by atoms with Gasteiger partial charge in [0, 0.05) is 24.2 Å². The molecule has 0 saturated heterocycles. The summed E-state index contributed by atoms with van der Waals surface area (Å²) in [6, 6.07) is 4.59. The van der Waals surface area contributed by atoms with E-state index in [1.165, 1.54) is 16.5 Å². The fraction of sp³-hybridized carbons (Fsp3) is 0.400. The number of methoxy groups -OCH3 is 1. The van der Waals surface area contributed by atoms with Gasteiger partial charge in [0.15, 0.2) is 0 Å². The van der Waals surface area contributed by atoms with Crippen LogP contribution in [0.25, 0.3) is 10.2 Å². The van der Waals surface area contributed by atoms with Gasteiger partial charge in [-0.1, -0.05) is 11.6 Å². The summed E-state index contributed by atoms with van der Waals surface area (Å²) in [5, 5.41) is 7.93. The minimum Gasteiger partial charge on any atom is -0.383 e. The SMILES string of the molecule is COCCNCC1CCc2c(sc3ncnc(Nc4ccc(F)c(Cl)c4)c23)C1. The largest absolute Gasteiger partial charge is 0.383 e. The van der Waals surface area contributed by atoms with Crippen molar-refractivity contribution in [3.63, 3.8) is 0 Å². The van der Waals surface area contributed by atoms with Gasteiger partial charge in [0.2, 0.25) is 0 Å². The number of nitrogens with zero attached hydrogens (tertiary/aromatic N) is 2. The second kappa shape index (κ2) is 8.69. The first-order valence-corrected chi connectivity index (χ1v) is 10.5. The molecule has 3 aromatic rings. The third-order valence-corrected chi connectivity index (χ3v) is 6.50. The van der Waals surface area contributed by atoms with Crippen LogP contribution in [0.5, 0.6) is 0 Å². The van der Waals surface area contributed by atoms with Crippen molar-refractivity contribution in [3.8, 4) is 0 Å². The summed E-state index contributed by atoms with van der Waals surface area (Å²) in [7, 11) is 1.72. The topological polar surface area (TPSA) is 59.1 Å². The maximum Gasteiger partial charge on any atom is 0.142 e. The zero-order valence-electron chi connectivity index (χ0n) is 15.6. The van der Waals surface area contributed by atoms with Gasteiger partial charge < -0.3 is 15.4 Å². The summed E-state index contributed by atoms with van der Waals surface area (Å²) < 4.78 is 18.5. The maximum atomic E-state index is 13.4. The summed E-state index contributed by atoms with van der Waals surface area (Å²) in [4.78, 5) is 11.3. The quantitative estimate of drug-likeness (QED) is 0.548. The molecule has 0 spiro atoms. The lowest BCUT2D eigenvalue weighted by Gasteiger charge is -2.22. The summed E-state index contributed by atoms with van der Waals surface area (Å²) in [5.41, 5.74) is 2.05. The molecule has 1 aromatic carbocycles. The Hall–Kier alpha value is -1.80. The fourth-order valence-electron chi connectivity index (χ4n) is 3.64. The van der Waals surface area contributed by atoms with E-state index >= 15 is 0 Å². The van der Waals surface area contributed by atoms with Crippen LogP contribution in [0.1, 0.15) is 16.9 Å². The first kappa shape index (κ1) is 19.5. The highest BCUT2D eigenvalue weighted by molar-refractivity contribution is 7.19. The highest BCUT2D eigenvalue weighted by Crippen LogP contribution is 2.40. The predicted molar refractivity (Wildman–Crippen MR) is 112 cm³/mol. The molecule has 5 nitrogen and oxygen atoms in total. The number of ether oxygens (including phenoxy) is 1. The molecule has 148 valence electrons. The average Bonchev–Trinajstić information content (AvgIpc) is 3.07. The highest BCUT2D eigenvalue weighted by Gasteiger charge is 2.25. The molecule has 28 heavy (non-hydrogen) atoms. The molecule has 0 radical (unpaired) electrons. The van der Waals surface area contributed by atoms with Crippen LogP contribution in [0.4, 0.5) is 15.9 Å². The van der Waals surface area contributed by atoms with Gasteiger partial charge in [0.25, 0.3) is 0 Å². The maximum absolute atomic E-state index is 13.4. The van der Waals surface area contributed by atoms with Gasteiger partial charge in [0.1, 0.15) is 22.8 Å². The molecular formula is C20H22ClFN4OS. The van der Waals surface area contributed by atoms with Crippen molar-refractivity contribution in [1.82, 2.24) is 15.3 Å². The molecule has 2 N–H and O–H groups in total. The van der Waals surface area contributed by atoms with E-state index in [9.17, 15) is 4.39 Å². The summed E-state index contributed by atoms with van der Waals surface area (Å²) in [6.45, 7) is 2.62. The number of aryl methyl sites for hydroxylation is 1. The van der Waals surface area contributed by atoms with Crippen LogP contribution in [0.3, 0.4) is 0 Å². The molecule has 2 heterocycles. The molecule has 1 aliphatic rings. The van der Waals surface area contributed by atoms with E-state index < -0.39 is 5.82 Å². The number of nitrogens with one attached hydrogen (secondary N) is 2. The first-order chi connectivity index (χ1) is 13.7. The monoisotopic (exact) mass is 420 g/mol. The highest BCUT2D eigenvalue weighted by atomic mass is 35.5. The Balaban J connectivity index is 1.56. The number of hydrogen-bond acceptors (Lipinski definition) is 6. The molecule has 1 atom stereocenters. The molecule has 0 saturated carbocycles. The van der Waals surface area contributed by atoms with Crippen molar-refractivity contribution in [1.29, 1.82) is 0 Å². The summed E-state index contributed by atoms with van der Waals surface area (Å²) in [6.07, 6.45) is 4.77. The Morgan fingerprint density at radius 1 is 1.36 bits per heavy atom. The molecule has 8 heteroatoms. The Morgan fingerprint density at radius 2 is 2.25 bits per heavy atom. The van der Waals surface area contributed by atoms with E-state index in [2.05, 4.69) is 20.6 Å². The number of hydrogen-bond donors (Lipinski definition) is 2. The van der Waals surface area contributed by atoms with E-state index in [1.807, 2.05) is 0 Å². The minimum absolute atomic E-state index is 0.0893. The zero-order valence-corrected chi connectivity index (χ0v) is 17.2. The van der Waals surface area contributed by atoms with Crippen LogP contribution in [0.2, 0.25) is 5.02 Å². The van der Waals surface area contributed by atoms with Gasteiger partial charge in [-0.05, 0) is 55.5 Å². The van der Waals surface area contributed by atoms with E-state index in [0.29, 0.717) is 11.6 Å². The van der Waals surface area contributed by atoms with E-state index in [0.717, 1.165) is 55.0 Å². The fourth-order valence-corrected chi connectivity index (χ4v) is 5.12. The molecule has 0 amide bonds. The van der Waals surface area contributed by atoms with Crippen molar-refractivity contribution >= 4 is 44.7 Å². The van der Waals surface area contributed by atoms with E-state index in [1.54, 1.807) is 36.9 Å². The number of anilines is 2. The molecular weight excluding hydrogens is 399 g/mol. The second-order valence-corrected chi connectivity index (χ2v) is 8.46. The van der Waals surface area contributed by atoms with Gasteiger partial charge in [-0.25, -0.2) is 14.4 Å². The zero-order chi connectivity index (χ0) is 19.5. The van der Waals surface area contributed by atoms with Crippen molar-refractivity contribution < 1.29 is 9.13 Å². The number of rotatable bonds is 7. The van der Waals surface area contributed by atoms with Gasteiger partial charge in [0.05, 0.1) is 17.0 Å². The Bertz CT molecular complexity index is 980. The van der Waals surface area contributed by atoms with Crippen LogP contribution in [-0.4, -0.2) is 36.8 Å². The van der Waals surface area contributed by atoms with E-state index in [-0.39, 0.29) is 5.02 Å². The Kier molecular flexibility index (Phi) is 6.06. The number of fused-ring (bicyclic) bond motifs is 3. The summed E-state index contributed by atoms with van der Waals surface area (Å²) >= 11 is 7.66. The van der Waals surface area contributed by atoms with Crippen molar-refractivity contribution in [2.24, 2.45) is 5.92 Å². The molecule has 0 aliphatic heterocycles. The minimum atomic E-state index is -0.432. The summed E-state index contributed by atoms with van der Waals surface area (Å²) in [5.74, 6) is 0.942. The van der Waals surface area contributed by atoms with Crippen molar-refractivity contribution in [2.45, 2.75) is 19.3 Å². The Labute approximate surface area is 172 Å². The molecule has 0 bridgehead atoms. The second-order valence-electron chi connectivity index (χ2n) is 6.97. The van der Waals surface area contributed by atoms with Crippen LogP contribution >= 0.6 is 22.9 Å². The van der Waals surface area contributed by atoms with Gasteiger partial charge in [-0.15, -0.1) is 11.3 Å². The number of benzene rings is 1. The Morgan fingerprint density at radius 3 is 3.07 bits per heavy atom. The lowest BCUT2D eigenvalue weighted by molar-refractivity contribution is 0.197. The normalized spacial score (nSPS) is 16.3. The lowest BCUT2D eigenvalue weighted by atomic mass is 9.87. The molecule has 0 fully saturated rings. The van der Waals surface area contributed by atoms with Gasteiger partial charge in [-0.3, -0.25) is 0 Å². The van der Waals surface area contributed by atoms with Gasteiger partial charge in [-0.2, -0.15) is 0 Å².